The van der Waals surface area contributed by atoms with Crippen LogP contribution in [0.25, 0.3) is 0 Å². The lowest BCUT2D eigenvalue weighted by Crippen LogP contribution is -2.06. The van der Waals surface area contributed by atoms with E-state index in [4.69, 9.17) is 0 Å². The molecule has 0 atom stereocenters. The minimum absolute atomic E-state index is 0. The summed E-state index contributed by atoms with van der Waals surface area (Å²) in [6, 6.07) is 0. The highest BCUT2D eigenvalue weighted by molar-refractivity contribution is 8.03. The maximum Gasteiger partial charge on any atom is 0.319 e. The van der Waals surface area contributed by atoms with Crippen molar-refractivity contribution in [2.24, 2.45) is 0 Å². The zero-order valence-corrected chi connectivity index (χ0v) is 13.2. The van der Waals surface area contributed by atoms with Crippen LogP contribution in [0.2, 0.25) is 0 Å². The van der Waals surface area contributed by atoms with E-state index in [1.54, 1.807) is 0 Å². The summed E-state index contributed by atoms with van der Waals surface area (Å²) in [6.07, 6.45) is 0. The third-order valence-electron chi connectivity index (χ3n) is 0.563. The normalized spacial score (nSPS) is 11.6. The second-order valence-corrected chi connectivity index (χ2v) is 8.59. The first-order valence-corrected chi connectivity index (χ1v) is 9.32. The van der Waals surface area contributed by atoms with Crippen LogP contribution in [0.4, 0.5) is 15.5 Å². The first-order chi connectivity index (χ1) is 7.41. The summed E-state index contributed by atoms with van der Waals surface area (Å²) in [5.74, 6) is 0. The lowest BCUT2D eigenvalue weighted by Gasteiger charge is -1.84. The first kappa shape index (κ1) is 32.4. The molecule has 0 aromatic rings. The number of hydrogen-bond acceptors (Lipinski definition) is 11. The predicted octanol–water partition coefficient (Wildman–Crippen LogP) is -0.429. The Kier molecular flexibility index (Phi) is 15.7. The molecule has 0 aliphatic heterocycles. The average molecular weight is 411 g/mol. The topological polar surface area (TPSA) is 242 Å². The van der Waals surface area contributed by atoms with E-state index in [0.717, 1.165) is 0 Å². The van der Waals surface area contributed by atoms with Crippen molar-refractivity contribution in [1.29, 1.82) is 0 Å². The Morgan fingerprint density at radius 2 is 0.524 bits per heavy atom. The van der Waals surface area contributed by atoms with E-state index < -0.39 is 51.1 Å². The Morgan fingerprint density at radius 3 is 0.524 bits per heavy atom. The molecule has 0 aromatic heterocycles. The van der Waals surface area contributed by atoms with Gasteiger partial charge in [-0.1, -0.05) is 0 Å². The summed E-state index contributed by atoms with van der Waals surface area (Å²) in [6.45, 7) is 0. The molecule has 0 aliphatic rings. The molecule has 0 heterocycles. The fourth-order valence-corrected chi connectivity index (χ4v) is 3.03. The van der Waals surface area contributed by atoms with Crippen LogP contribution < -0.4 is 18.5 Å². The summed E-state index contributed by atoms with van der Waals surface area (Å²) in [4.78, 5) is 0. The molecule has 0 rings (SSSR count). The van der Waals surface area contributed by atoms with Gasteiger partial charge in [0.05, 0.1) is 0 Å². The van der Waals surface area contributed by atoms with Crippen molar-refractivity contribution < 1.29 is 49.2 Å². The van der Waals surface area contributed by atoms with Gasteiger partial charge in [-0.25, -0.2) is 0 Å². The Labute approximate surface area is 119 Å². The molecular weight excluding hydrogens is 398 g/mol. The molecule has 0 saturated heterocycles. The van der Waals surface area contributed by atoms with E-state index in [9.17, 15) is 49.2 Å². The first-order valence-electron chi connectivity index (χ1n) is 3.11. The highest BCUT2D eigenvalue weighted by atomic mass is 32.3. The smallest absolute Gasteiger partial charge is 0.319 e. The third-order valence-corrected chi connectivity index (χ3v) is 5.07. The van der Waals surface area contributed by atoms with Gasteiger partial charge in [0.25, 0.3) is 0 Å². The van der Waals surface area contributed by atoms with E-state index in [2.05, 4.69) is 0 Å². The highest BCUT2D eigenvalue weighted by Crippen LogP contribution is 1.99. The molecule has 0 radical (unpaired) electrons. The van der Waals surface area contributed by atoms with E-state index in [-0.39, 0.29) is 18.5 Å². The summed E-state index contributed by atoms with van der Waals surface area (Å²) in [5.41, 5.74) is 0. The van der Waals surface area contributed by atoms with Gasteiger partial charge in [0.2, 0.25) is 10.2 Å². The summed E-state index contributed by atoms with van der Waals surface area (Å²) in [5, 5.41) is -4.19. The fourth-order valence-electron chi connectivity index (χ4n) is 0.336. The van der Waals surface area contributed by atoms with Crippen LogP contribution in [0.3, 0.4) is 0 Å². The van der Waals surface area contributed by atoms with Crippen molar-refractivity contribution in [3.63, 3.8) is 0 Å². The Morgan fingerprint density at radius 1 is 0.429 bits per heavy atom. The number of halogens is 4. The van der Waals surface area contributed by atoms with Gasteiger partial charge in [0.1, 0.15) is 0 Å². The fraction of sp³-hybridized carbons (Fsp3) is 1.00. The number of rotatable bonds is 4. The van der Waals surface area contributed by atoms with Gasteiger partial charge in [-0.05, 0) is 0 Å². The molecule has 0 fully saturated rings. The minimum atomic E-state index is -5.24. The molecule has 0 aromatic carbocycles. The Bertz CT molecular complexity index is 558. The van der Waals surface area contributed by atoms with Crippen molar-refractivity contribution in [2.75, 3.05) is 10.2 Å². The average Bonchev–Trinajstić information content (AvgIpc) is 1.64. The molecule has 0 aliphatic carbocycles. The molecule has 0 spiro atoms. The lowest BCUT2D eigenvalue weighted by atomic mass is 11.9. The number of hydrogen-bond donors (Lipinski definition) is 3. The van der Waals surface area contributed by atoms with Gasteiger partial charge in [0, 0.05) is 0 Å². The molecule has 21 heavy (non-hydrogen) atoms. The summed E-state index contributed by atoms with van der Waals surface area (Å²) in [7, 11) is -21.0. The van der Waals surface area contributed by atoms with Gasteiger partial charge in [-0.15, -0.1) is 15.5 Å². The molecule has 19 heteroatoms. The van der Waals surface area contributed by atoms with E-state index >= 15 is 0 Å². The zero-order chi connectivity index (χ0) is 15.4. The zero-order valence-electron chi connectivity index (χ0n) is 9.95. The minimum Gasteiger partial charge on any atom is -0.344 e. The highest BCUT2D eigenvalue weighted by Gasteiger charge is 2.20. The van der Waals surface area contributed by atoms with Crippen LogP contribution in [0.15, 0.2) is 0 Å². The monoisotopic (exact) mass is 411 g/mol. The SMILES string of the molecule is N.N.N.O=S(=O)(F)CS(=O)(=O)F.O=S(=O)(F)CS(=O)(=O)F. The summed E-state index contributed by atoms with van der Waals surface area (Å²) < 4.78 is 120. The van der Waals surface area contributed by atoms with Crippen LogP contribution >= 0.6 is 0 Å². The van der Waals surface area contributed by atoms with Crippen molar-refractivity contribution in [3.05, 3.63) is 0 Å². The second-order valence-electron chi connectivity index (χ2n) is 2.39. The van der Waals surface area contributed by atoms with Crippen molar-refractivity contribution in [2.45, 2.75) is 0 Å². The lowest BCUT2D eigenvalue weighted by molar-refractivity contribution is 0.537. The molecular formula is C2H13F4N3O8S4. The summed E-state index contributed by atoms with van der Waals surface area (Å²) >= 11 is 0. The standard InChI is InChI=1S/2CH2F2O4S2.3H3N/c2*2-8(4,5)1-9(3,6)7;;;/h2*1H2;3*1H3. The van der Waals surface area contributed by atoms with E-state index in [1.807, 2.05) is 0 Å². The van der Waals surface area contributed by atoms with Crippen molar-refractivity contribution in [3.8, 4) is 0 Å². The van der Waals surface area contributed by atoms with Crippen LogP contribution in [0.1, 0.15) is 0 Å². The van der Waals surface area contributed by atoms with Gasteiger partial charge < -0.3 is 18.5 Å². The Hall–Kier alpha value is -0.600. The quantitative estimate of drug-likeness (QED) is 0.395. The van der Waals surface area contributed by atoms with Crippen molar-refractivity contribution >= 4 is 40.9 Å². The molecule has 11 nitrogen and oxygen atoms in total. The van der Waals surface area contributed by atoms with Gasteiger partial charge in [-0.3, -0.25) is 0 Å². The molecule has 0 bridgehead atoms. The maximum absolute atomic E-state index is 11.2. The van der Waals surface area contributed by atoms with Gasteiger partial charge in [-0.2, -0.15) is 33.7 Å². The molecule has 0 amide bonds. The van der Waals surface area contributed by atoms with Crippen LogP contribution in [0, 0.1) is 0 Å². The molecule has 136 valence electrons. The molecule has 9 N–H and O–H groups in total. The third kappa shape index (κ3) is 45.2. The van der Waals surface area contributed by atoms with Crippen LogP contribution in [-0.2, 0) is 40.9 Å². The maximum atomic E-state index is 11.2. The largest absolute Gasteiger partial charge is 0.344 e. The van der Waals surface area contributed by atoms with Gasteiger partial charge in [0.15, 0.2) is 0 Å². The molecule has 0 unspecified atom stereocenters. The van der Waals surface area contributed by atoms with Gasteiger partial charge >= 0.3 is 40.9 Å². The van der Waals surface area contributed by atoms with E-state index in [0.29, 0.717) is 0 Å². The van der Waals surface area contributed by atoms with Crippen LogP contribution in [-0.4, -0.2) is 43.8 Å². The Balaban J connectivity index is -0.0000000711. The van der Waals surface area contributed by atoms with Crippen molar-refractivity contribution in [1.82, 2.24) is 18.5 Å². The predicted molar refractivity (Wildman–Crippen MR) is 64.9 cm³/mol. The molecule has 0 saturated carbocycles. The van der Waals surface area contributed by atoms with E-state index in [1.165, 1.54) is 0 Å². The second kappa shape index (κ2) is 10.2. The van der Waals surface area contributed by atoms with Crippen LogP contribution in [0.5, 0.6) is 0 Å².